The van der Waals surface area contributed by atoms with E-state index in [1.165, 1.54) is 24.3 Å². The monoisotopic (exact) mass is 275 g/mol. The maximum Gasteiger partial charge on any atom is 0.343 e. The van der Waals surface area contributed by atoms with Crippen LogP contribution in [0.3, 0.4) is 0 Å². The number of nitro groups is 1. The molecule has 0 aliphatic carbocycles. The van der Waals surface area contributed by atoms with E-state index in [9.17, 15) is 19.3 Å². The summed E-state index contributed by atoms with van der Waals surface area (Å²) in [6.07, 6.45) is 0. The van der Waals surface area contributed by atoms with Crippen molar-refractivity contribution in [3.05, 3.63) is 69.5 Å². The highest BCUT2D eigenvalue weighted by molar-refractivity contribution is 5.91. The van der Waals surface area contributed by atoms with Gasteiger partial charge in [0.15, 0.2) is 0 Å². The summed E-state index contributed by atoms with van der Waals surface area (Å²) in [5, 5.41) is 10.9. The van der Waals surface area contributed by atoms with Crippen molar-refractivity contribution >= 4 is 11.7 Å². The summed E-state index contributed by atoms with van der Waals surface area (Å²) in [5.74, 6) is -1.40. The summed E-state index contributed by atoms with van der Waals surface area (Å²) < 4.78 is 17.8. The van der Waals surface area contributed by atoms with Gasteiger partial charge in [0.2, 0.25) is 5.75 Å². The van der Waals surface area contributed by atoms with Crippen LogP contribution >= 0.6 is 0 Å². The van der Waals surface area contributed by atoms with E-state index in [1.807, 2.05) is 0 Å². The number of hydrogen-bond donors (Lipinski definition) is 0. The van der Waals surface area contributed by atoms with Gasteiger partial charge in [-0.3, -0.25) is 10.1 Å². The van der Waals surface area contributed by atoms with Crippen molar-refractivity contribution < 1.29 is 18.8 Å². The SMILES string of the molecule is Cc1ccc([N+](=O)[O-])c(OC(=O)c2ccc(F)cc2)c1. The molecule has 102 valence electrons. The number of esters is 1. The summed E-state index contributed by atoms with van der Waals surface area (Å²) in [7, 11) is 0. The van der Waals surface area contributed by atoms with Gasteiger partial charge in [0, 0.05) is 6.07 Å². The topological polar surface area (TPSA) is 69.4 Å². The molecule has 0 atom stereocenters. The Labute approximate surface area is 113 Å². The molecule has 0 radical (unpaired) electrons. The minimum atomic E-state index is -0.779. The van der Waals surface area contributed by atoms with Crippen LogP contribution < -0.4 is 4.74 Å². The van der Waals surface area contributed by atoms with E-state index in [1.54, 1.807) is 13.0 Å². The molecule has 2 aromatic rings. The van der Waals surface area contributed by atoms with Gasteiger partial charge in [-0.15, -0.1) is 0 Å². The Hall–Kier alpha value is -2.76. The highest BCUT2D eigenvalue weighted by Crippen LogP contribution is 2.28. The second kappa shape index (κ2) is 5.48. The first-order chi connectivity index (χ1) is 9.47. The molecule has 0 saturated carbocycles. The average Bonchev–Trinajstić information content (AvgIpc) is 2.39. The molecule has 5 nitrogen and oxygen atoms in total. The predicted molar refractivity (Wildman–Crippen MR) is 69.2 cm³/mol. The molecular weight excluding hydrogens is 265 g/mol. The van der Waals surface area contributed by atoms with Crippen molar-refractivity contribution in [2.24, 2.45) is 0 Å². The van der Waals surface area contributed by atoms with Crippen molar-refractivity contribution in [2.75, 3.05) is 0 Å². The highest BCUT2D eigenvalue weighted by atomic mass is 19.1. The van der Waals surface area contributed by atoms with Gasteiger partial charge in [-0.25, -0.2) is 9.18 Å². The molecule has 0 bridgehead atoms. The van der Waals surface area contributed by atoms with E-state index in [4.69, 9.17) is 4.74 Å². The fraction of sp³-hybridized carbons (Fsp3) is 0.0714. The summed E-state index contributed by atoms with van der Waals surface area (Å²) in [6.45, 7) is 1.72. The minimum absolute atomic E-state index is 0.113. The second-order valence-electron chi connectivity index (χ2n) is 4.12. The van der Waals surface area contributed by atoms with E-state index < -0.39 is 16.7 Å². The van der Waals surface area contributed by atoms with Crippen molar-refractivity contribution in [3.8, 4) is 5.75 Å². The van der Waals surface area contributed by atoms with Crippen LogP contribution in [0.1, 0.15) is 15.9 Å². The van der Waals surface area contributed by atoms with Gasteiger partial charge in [-0.2, -0.15) is 0 Å². The van der Waals surface area contributed by atoms with Gasteiger partial charge in [-0.1, -0.05) is 6.07 Å². The smallest absolute Gasteiger partial charge is 0.343 e. The normalized spacial score (nSPS) is 10.1. The summed E-state index contributed by atoms with van der Waals surface area (Å²) in [5.41, 5.74) is 0.533. The van der Waals surface area contributed by atoms with Gasteiger partial charge in [0.05, 0.1) is 10.5 Å². The van der Waals surface area contributed by atoms with Gasteiger partial charge >= 0.3 is 11.7 Å². The molecule has 0 aliphatic heterocycles. The van der Waals surface area contributed by atoms with Crippen LogP contribution in [0.15, 0.2) is 42.5 Å². The standard InChI is InChI=1S/C14H10FNO4/c1-9-2-7-12(16(18)19)13(8-9)20-14(17)10-3-5-11(15)6-4-10/h2-8H,1H3. The molecule has 0 heterocycles. The Morgan fingerprint density at radius 1 is 1.20 bits per heavy atom. The Morgan fingerprint density at radius 2 is 1.85 bits per heavy atom. The molecule has 0 fully saturated rings. The van der Waals surface area contributed by atoms with Crippen LogP contribution in [0.4, 0.5) is 10.1 Å². The van der Waals surface area contributed by atoms with E-state index in [0.717, 1.165) is 17.7 Å². The lowest BCUT2D eigenvalue weighted by atomic mass is 10.2. The number of aryl methyl sites for hydroxylation is 1. The molecule has 0 spiro atoms. The van der Waals surface area contributed by atoms with Crippen LogP contribution in [0.5, 0.6) is 5.75 Å². The number of hydrogen-bond acceptors (Lipinski definition) is 4. The molecule has 0 saturated heterocycles. The highest BCUT2D eigenvalue weighted by Gasteiger charge is 2.18. The molecule has 20 heavy (non-hydrogen) atoms. The number of rotatable bonds is 3. The molecule has 0 N–H and O–H groups in total. The maximum atomic E-state index is 12.8. The average molecular weight is 275 g/mol. The molecule has 2 aromatic carbocycles. The van der Waals surface area contributed by atoms with Crippen LogP contribution in [-0.4, -0.2) is 10.9 Å². The maximum absolute atomic E-state index is 12.8. The third kappa shape index (κ3) is 2.97. The zero-order valence-corrected chi connectivity index (χ0v) is 10.5. The molecule has 0 unspecified atom stereocenters. The lowest BCUT2D eigenvalue weighted by molar-refractivity contribution is -0.385. The van der Waals surface area contributed by atoms with E-state index in [-0.39, 0.29) is 17.0 Å². The van der Waals surface area contributed by atoms with Gasteiger partial charge < -0.3 is 4.74 Å². The molecule has 0 aromatic heterocycles. The molecular formula is C14H10FNO4. The number of ether oxygens (including phenoxy) is 1. The molecule has 2 rings (SSSR count). The minimum Gasteiger partial charge on any atom is -0.416 e. The lowest BCUT2D eigenvalue weighted by Gasteiger charge is -2.06. The van der Waals surface area contributed by atoms with E-state index >= 15 is 0 Å². The van der Waals surface area contributed by atoms with Crippen molar-refractivity contribution in [2.45, 2.75) is 6.92 Å². The first-order valence-electron chi connectivity index (χ1n) is 5.70. The van der Waals surface area contributed by atoms with Crippen LogP contribution in [0.2, 0.25) is 0 Å². The number of halogens is 1. The second-order valence-corrected chi connectivity index (χ2v) is 4.12. The van der Waals surface area contributed by atoms with Crippen LogP contribution in [0, 0.1) is 22.9 Å². The number of carbonyl (C=O) groups is 1. The Balaban J connectivity index is 2.29. The Kier molecular flexibility index (Phi) is 3.74. The van der Waals surface area contributed by atoms with Crippen LogP contribution in [-0.2, 0) is 0 Å². The first-order valence-corrected chi connectivity index (χ1v) is 5.70. The number of carbonyl (C=O) groups excluding carboxylic acids is 1. The van der Waals surface area contributed by atoms with Crippen molar-refractivity contribution in [3.63, 3.8) is 0 Å². The van der Waals surface area contributed by atoms with E-state index in [2.05, 4.69) is 0 Å². The van der Waals surface area contributed by atoms with E-state index in [0.29, 0.717) is 0 Å². The summed E-state index contributed by atoms with van der Waals surface area (Å²) in [6, 6.07) is 8.94. The Bertz CT molecular complexity index is 667. The number of benzene rings is 2. The van der Waals surface area contributed by atoms with Gasteiger partial charge in [-0.05, 0) is 42.8 Å². The first kappa shape index (κ1) is 13.7. The quantitative estimate of drug-likeness (QED) is 0.373. The van der Waals surface area contributed by atoms with Crippen molar-refractivity contribution in [1.82, 2.24) is 0 Å². The third-order valence-corrected chi connectivity index (χ3v) is 2.59. The number of nitro benzene ring substituents is 1. The van der Waals surface area contributed by atoms with Gasteiger partial charge in [0.25, 0.3) is 0 Å². The van der Waals surface area contributed by atoms with Gasteiger partial charge in [0.1, 0.15) is 5.82 Å². The fourth-order valence-electron chi connectivity index (χ4n) is 1.60. The summed E-state index contributed by atoms with van der Waals surface area (Å²) >= 11 is 0. The lowest BCUT2D eigenvalue weighted by Crippen LogP contribution is -2.09. The number of nitrogens with zero attached hydrogens (tertiary/aromatic N) is 1. The zero-order valence-electron chi connectivity index (χ0n) is 10.5. The predicted octanol–water partition coefficient (Wildman–Crippen LogP) is 3.26. The van der Waals surface area contributed by atoms with Crippen molar-refractivity contribution in [1.29, 1.82) is 0 Å². The fourth-order valence-corrected chi connectivity index (χ4v) is 1.60. The molecule has 0 amide bonds. The summed E-state index contributed by atoms with van der Waals surface area (Å²) in [4.78, 5) is 22.1. The largest absolute Gasteiger partial charge is 0.416 e. The third-order valence-electron chi connectivity index (χ3n) is 2.59. The molecule has 0 aliphatic rings. The Morgan fingerprint density at radius 3 is 2.45 bits per heavy atom. The molecule has 6 heteroatoms. The van der Waals surface area contributed by atoms with Crippen LogP contribution in [0.25, 0.3) is 0 Å². The zero-order chi connectivity index (χ0) is 14.7.